The number of alkyl halides is 1. The van der Waals surface area contributed by atoms with Gasteiger partial charge >= 0.3 is 0 Å². The molecule has 1 fully saturated rings. The van der Waals surface area contributed by atoms with Crippen molar-refractivity contribution in [3.8, 4) is 16.9 Å². The lowest BCUT2D eigenvalue weighted by Crippen LogP contribution is -2.22. The molecule has 3 aromatic rings. The Bertz CT molecular complexity index is 1070. The Morgan fingerprint density at radius 2 is 2.03 bits per heavy atom. The number of ether oxygens (including phenoxy) is 1. The van der Waals surface area contributed by atoms with Crippen molar-refractivity contribution in [3.63, 3.8) is 0 Å². The zero-order valence-electron chi connectivity index (χ0n) is 15.6. The minimum absolute atomic E-state index is 0.0768. The second-order valence-corrected chi connectivity index (χ2v) is 8.14. The van der Waals surface area contributed by atoms with Crippen molar-refractivity contribution in [3.05, 3.63) is 45.9 Å². The molecule has 0 spiro atoms. The lowest BCUT2D eigenvalue weighted by atomic mass is 9.84. The van der Waals surface area contributed by atoms with Crippen LogP contribution < -0.4 is 10.1 Å². The summed E-state index contributed by atoms with van der Waals surface area (Å²) in [5.41, 5.74) is 2.31. The Labute approximate surface area is 175 Å². The van der Waals surface area contributed by atoms with Gasteiger partial charge in [-0.2, -0.15) is 0 Å². The van der Waals surface area contributed by atoms with Crippen LogP contribution in [-0.4, -0.2) is 39.4 Å². The molecule has 0 saturated heterocycles. The van der Waals surface area contributed by atoms with E-state index in [1.807, 2.05) is 6.92 Å². The van der Waals surface area contributed by atoms with Gasteiger partial charge in [-0.1, -0.05) is 22.9 Å². The molecule has 3 heterocycles. The van der Waals surface area contributed by atoms with E-state index in [-0.39, 0.29) is 17.0 Å². The highest BCUT2D eigenvalue weighted by molar-refractivity contribution is 7.15. The van der Waals surface area contributed by atoms with Gasteiger partial charge in [-0.3, -0.25) is 15.1 Å². The number of pyridine rings is 2. The number of rotatable bonds is 5. The third-order valence-corrected chi connectivity index (χ3v) is 5.93. The van der Waals surface area contributed by atoms with Crippen molar-refractivity contribution in [2.24, 2.45) is 0 Å². The van der Waals surface area contributed by atoms with Crippen molar-refractivity contribution in [1.29, 1.82) is 0 Å². The van der Waals surface area contributed by atoms with Crippen LogP contribution in [0.5, 0.6) is 5.75 Å². The fourth-order valence-electron chi connectivity index (χ4n) is 3.12. The number of carbonyl (C=O) groups is 1. The molecule has 0 unspecified atom stereocenters. The number of carbonyl (C=O) groups excluding carboxylic acids is 1. The first kappa shape index (κ1) is 19.7. The third kappa shape index (κ3) is 4.06. The Balaban J connectivity index is 1.64. The van der Waals surface area contributed by atoms with Crippen molar-refractivity contribution in [2.45, 2.75) is 31.9 Å². The van der Waals surface area contributed by atoms with Crippen LogP contribution >= 0.6 is 22.9 Å². The molecule has 4 rings (SSSR count). The van der Waals surface area contributed by atoms with Crippen LogP contribution in [-0.2, 0) is 0 Å². The first-order valence-electron chi connectivity index (χ1n) is 8.90. The molecule has 7 nitrogen and oxygen atoms in total. The fourth-order valence-corrected chi connectivity index (χ4v) is 4.14. The second kappa shape index (κ2) is 8.00. The molecule has 0 bridgehead atoms. The van der Waals surface area contributed by atoms with Gasteiger partial charge in [0.1, 0.15) is 22.1 Å². The molecule has 3 aromatic heterocycles. The van der Waals surface area contributed by atoms with Gasteiger partial charge in [0.2, 0.25) is 5.13 Å². The van der Waals surface area contributed by atoms with Crippen molar-refractivity contribution in [2.75, 3.05) is 12.4 Å². The summed E-state index contributed by atoms with van der Waals surface area (Å²) in [5.74, 6) is 0.174. The summed E-state index contributed by atoms with van der Waals surface area (Å²) in [7, 11) is 1.52. The van der Waals surface area contributed by atoms with E-state index in [9.17, 15) is 9.18 Å². The van der Waals surface area contributed by atoms with Crippen LogP contribution in [0.15, 0.2) is 24.5 Å². The highest BCUT2D eigenvalue weighted by atomic mass is 35.5. The van der Waals surface area contributed by atoms with Crippen LogP contribution in [0.3, 0.4) is 0 Å². The predicted octanol–water partition coefficient (Wildman–Crippen LogP) is 4.43. The zero-order valence-corrected chi connectivity index (χ0v) is 17.2. The van der Waals surface area contributed by atoms with Crippen LogP contribution in [0.2, 0.25) is 5.15 Å². The summed E-state index contributed by atoms with van der Waals surface area (Å²) in [6, 6.07) is 3.42. The normalized spacial score (nSPS) is 18.2. The Morgan fingerprint density at radius 1 is 1.24 bits per heavy atom. The van der Waals surface area contributed by atoms with Crippen LogP contribution in [0, 0.1) is 6.92 Å². The lowest BCUT2D eigenvalue weighted by Gasteiger charge is -2.26. The number of aryl methyl sites for hydroxylation is 1. The maximum absolute atomic E-state index is 13.1. The van der Waals surface area contributed by atoms with E-state index < -0.39 is 6.17 Å². The summed E-state index contributed by atoms with van der Waals surface area (Å²) in [6.45, 7) is 1.83. The third-order valence-electron chi connectivity index (χ3n) is 4.72. The molecule has 1 aliphatic carbocycles. The van der Waals surface area contributed by atoms with E-state index in [0.29, 0.717) is 40.4 Å². The van der Waals surface area contributed by atoms with Crippen molar-refractivity contribution < 1.29 is 13.9 Å². The van der Waals surface area contributed by atoms with Crippen LogP contribution in [0.1, 0.15) is 39.8 Å². The lowest BCUT2D eigenvalue weighted by molar-refractivity contribution is 0.102. The number of amides is 1. The molecule has 0 aromatic carbocycles. The molecule has 1 amide bonds. The van der Waals surface area contributed by atoms with Gasteiger partial charge < -0.3 is 4.74 Å². The number of nitrogens with zero attached hydrogens (tertiary/aromatic N) is 4. The molecule has 1 N–H and O–H groups in total. The number of nitrogens with one attached hydrogen (secondary N) is 1. The zero-order chi connectivity index (χ0) is 20.5. The van der Waals surface area contributed by atoms with Crippen LogP contribution in [0.4, 0.5) is 9.52 Å². The number of aromatic nitrogens is 4. The first-order chi connectivity index (χ1) is 13.9. The number of halogens is 2. The summed E-state index contributed by atoms with van der Waals surface area (Å²) < 4.78 is 18.5. The minimum atomic E-state index is -0.773. The molecular weight excluding hydrogens is 417 g/mol. The minimum Gasteiger partial charge on any atom is -0.494 e. The Morgan fingerprint density at radius 3 is 2.76 bits per heavy atom. The monoisotopic (exact) mass is 433 g/mol. The van der Waals surface area contributed by atoms with E-state index in [4.69, 9.17) is 16.3 Å². The van der Waals surface area contributed by atoms with Crippen LogP contribution in [0.25, 0.3) is 11.1 Å². The van der Waals surface area contributed by atoms with Crippen molar-refractivity contribution in [1.82, 2.24) is 20.2 Å². The molecule has 0 aliphatic heterocycles. The topological polar surface area (TPSA) is 89.9 Å². The summed E-state index contributed by atoms with van der Waals surface area (Å²) in [4.78, 5) is 21.2. The van der Waals surface area contributed by atoms with E-state index >= 15 is 0 Å². The van der Waals surface area contributed by atoms with E-state index in [2.05, 4.69) is 25.5 Å². The molecule has 150 valence electrons. The maximum Gasteiger partial charge on any atom is 0.259 e. The fraction of sp³-hybridized carbons (Fsp3) is 0.316. The average molecular weight is 434 g/mol. The first-order valence-corrected chi connectivity index (χ1v) is 10.1. The highest BCUT2D eigenvalue weighted by Crippen LogP contribution is 2.41. The SMILES string of the molecule is COc1cnc(Cl)cc1-c1cc(C)ncc1C(=O)Nc1nnc([C@H]2C[C@H](F)C2)s1. The van der Waals surface area contributed by atoms with E-state index in [0.717, 1.165) is 10.7 Å². The second-order valence-electron chi connectivity index (χ2n) is 6.74. The standard InChI is InChI=1S/C19H17ClFN5O2S/c1-9-3-12(13-6-16(20)23-8-15(13)28-2)14(7-22-9)17(27)24-19-26-25-18(29-19)10-4-11(21)5-10/h3,6-8,10-11H,4-5H2,1-2H3,(H,24,26,27)/t10-,11-. The van der Waals surface area contributed by atoms with E-state index in [1.54, 1.807) is 12.1 Å². The van der Waals surface area contributed by atoms with E-state index in [1.165, 1.54) is 30.8 Å². The predicted molar refractivity (Wildman–Crippen MR) is 109 cm³/mol. The molecule has 0 atom stereocenters. The van der Waals surface area contributed by atoms with Gasteiger partial charge in [-0.15, -0.1) is 10.2 Å². The number of hydrogen-bond donors (Lipinski definition) is 1. The Kier molecular flexibility index (Phi) is 5.42. The van der Waals surface area contributed by atoms with Gasteiger partial charge in [-0.05, 0) is 31.9 Å². The van der Waals surface area contributed by atoms with Gasteiger partial charge in [0.15, 0.2) is 0 Å². The molecule has 1 aliphatic rings. The summed E-state index contributed by atoms with van der Waals surface area (Å²) in [6.07, 6.45) is 3.14. The van der Waals surface area contributed by atoms with Crippen molar-refractivity contribution >= 4 is 34.0 Å². The number of hydrogen-bond acceptors (Lipinski definition) is 7. The van der Waals surface area contributed by atoms with Gasteiger partial charge in [0.05, 0.1) is 18.9 Å². The molecular formula is C19H17ClFN5O2S. The Hall–Kier alpha value is -2.65. The molecule has 10 heteroatoms. The summed E-state index contributed by atoms with van der Waals surface area (Å²) in [5, 5.41) is 12.2. The smallest absolute Gasteiger partial charge is 0.259 e. The largest absolute Gasteiger partial charge is 0.494 e. The molecule has 1 saturated carbocycles. The molecule has 29 heavy (non-hydrogen) atoms. The summed E-state index contributed by atoms with van der Waals surface area (Å²) >= 11 is 7.32. The highest BCUT2D eigenvalue weighted by Gasteiger charge is 2.33. The molecule has 0 radical (unpaired) electrons. The van der Waals surface area contributed by atoms with Gasteiger partial charge in [-0.25, -0.2) is 9.37 Å². The number of methoxy groups -OCH3 is 1. The number of anilines is 1. The van der Waals surface area contributed by atoms with Gasteiger partial charge in [0, 0.05) is 28.9 Å². The van der Waals surface area contributed by atoms with Gasteiger partial charge in [0.25, 0.3) is 5.91 Å². The average Bonchev–Trinajstić information content (AvgIpc) is 3.13. The quantitative estimate of drug-likeness (QED) is 0.598. The maximum atomic E-state index is 13.1.